The van der Waals surface area contributed by atoms with Crippen molar-refractivity contribution >= 4 is 0 Å². The normalized spacial score (nSPS) is 23.9. The lowest BCUT2D eigenvalue weighted by atomic mass is 9.85. The topological polar surface area (TPSA) is 31.9 Å². The second-order valence-electron chi connectivity index (χ2n) is 5.74. The van der Waals surface area contributed by atoms with E-state index >= 15 is 0 Å². The summed E-state index contributed by atoms with van der Waals surface area (Å²) in [7, 11) is 0. The Kier molecular flexibility index (Phi) is 4.16. The van der Waals surface area contributed by atoms with Crippen LogP contribution < -0.4 is 0 Å². The van der Waals surface area contributed by atoms with Gasteiger partial charge in [0.1, 0.15) is 0 Å². The first-order chi connectivity index (χ1) is 9.86. The maximum absolute atomic E-state index is 4.12. The largest absolute Gasteiger partial charge is 0.295 e. The van der Waals surface area contributed by atoms with Crippen molar-refractivity contribution in [1.29, 1.82) is 0 Å². The molecule has 1 aromatic heterocycles. The van der Waals surface area contributed by atoms with Gasteiger partial charge in [-0.05, 0) is 49.9 Å². The first-order valence-electron chi connectivity index (χ1n) is 7.64. The predicted octanol–water partition coefficient (Wildman–Crippen LogP) is 3.43. The summed E-state index contributed by atoms with van der Waals surface area (Å²) < 4.78 is 0. The first kappa shape index (κ1) is 13.4. The molecule has 0 saturated carbocycles. The average molecular weight is 269 g/mol. The van der Waals surface area contributed by atoms with E-state index in [0.29, 0.717) is 6.04 Å². The minimum Gasteiger partial charge on any atom is -0.295 e. The highest BCUT2D eigenvalue weighted by Crippen LogP contribution is 2.34. The Morgan fingerprint density at radius 2 is 2.10 bits per heavy atom. The van der Waals surface area contributed by atoms with Crippen LogP contribution in [-0.2, 0) is 6.42 Å². The fraction of sp³-hybridized carbons (Fsp3) is 0.471. The minimum atomic E-state index is 0.505. The Morgan fingerprint density at radius 1 is 1.25 bits per heavy atom. The van der Waals surface area contributed by atoms with Gasteiger partial charge in [0.05, 0.1) is 11.7 Å². The summed E-state index contributed by atoms with van der Waals surface area (Å²) in [5, 5.41) is 7.29. The van der Waals surface area contributed by atoms with Gasteiger partial charge < -0.3 is 0 Å². The molecular formula is C17H23N3. The van der Waals surface area contributed by atoms with Crippen molar-refractivity contribution in [2.24, 2.45) is 5.92 Å². The lowest BCUT2D eigenvalue weighted by Gasteiger charge is -2.38. The van der Waals surface area contributed by atoms with Crippen molar-refractivity contribution in [3.05, 3.63) is 53.9 Å². The molecule has 1 aliphatic rings. The van der Waals surface area contributed by atoms with E-state index in [1.807, 2.05) is 6.20 Å². The third-order valence-corrected chi connectivity index (χ3v) is 4.48. The summed E-state index contributed by atoms with van der Waals surface area (Å²) in [4.78, 5) is 2.56. The molecule has 3 rings (SSSR count). The van der Waals surface area contributed by atoms with Crippen molar-refractivity contribution in [3.8, 4) is 0 Å². The van der Waals surface area contributed by atoms with Crippen molar-refractivity contribution in [1.82, 2.24) is 15.1 Å². The highest BCUT2D eigenvalue weighted by atomic mass is 15.2. The molecule has 1 aromatic carbocycles. The van der Waals surface area contributed by atoms with Crippen LogP contribution in [0.15, 0.2) is 42.6 Å². The van der Waals surface area contributed by atoms with Crippen molar-refractivity contribution in [2.45, 2.75) is 32.2 Å². The molecule has 2 unspecified atom stereocenters. The zero-order chi connectivity index (χ0) is 13.8. The third kappa shape index (κ3) is 2.93. The maximum atomic E-state index is 4.12. The molecule has 3 nitrogen and oxygen atoms in total. The smallest absolute Gasteiger partial charge is 0.0523 e. The molecule has 1 aliphatic heterocycles. The summed E-state index contributed by atoms with van der Waals surface area (Å²) in [5.74, 6) is 0.772. The van der Waals surface area contributed by atoms with Crippen LogP contribution in [0, 0.1) is 5.92 Å². The number of aromatic amines is 1. The number of piperidine rings is 1. The van der Waals surface area contributed by atoms with E-state index in [2.05, 4.69) is 58.4 Å². The van der Waals surface area contributed by atoms with Crippen LogP contribution in [0.5, 0.6) is 0 Å². The summed E-state index contributed by atoms with van der Waals surface area (Å²) in [5.41, 5.74) is 2.73. The second kappa shape index (κ2) is 6.23. The number of aromatic nitrogens is 2. The van der Waals surface area contributed by atoms with Crippen molar-refractivity contribution in [3.63, 3.8) is 0 Å². The molecule has 0 amide bonds. The number of hydrogen-bond donors (Lipinski definition) is 1. The highest BCUT2D eigenvalue weighted by Gasteiger charge is 2.29. The molecule has 0 spiro atoms. The number of likely N-dealkylation sites (tertiary alicyclic amines) is 1. The first-order valence-corrected chi connectivity index (χ1v) is 7.64. The van der Waals surface area contributed by atoms with Gasteiger partial charge in [0.15, 0.2) is 0 Å². The highest BCUT2D eigenvalue weighted by molar-refractivity contribution is 5.16. The van der Waals surface area contributed by atoms with Gasteiger partial charge in [0, 0.05) is 6.20 Å². The van der Waals surface area contributed by atoms with Crippen LogP contribution in [0.25, 0.3) is 0 Å². The summed E-state index contributed by atoms with van der Waals surface area (Å²) >= 11 is 0. The molecule has 106 valence electrons. The summed E-state index contributed by atoms with van der Waals surface area (Å²) in [6.45, 7) is 4.56. The Hall–Kier alpha value is -1.61. The van der Waals surface area contributed by atoms with Gasteiger partial charge in [-0.15, -0.1) is 0 Å². The quantitative estimate of drug-likeness (QED) is 0.922. The molecule has 3 heteroatoms. The van der Waals surface area contributed by atoms with Gasteiger partial charge in [0.2, 0.25) is 0 Å². The predicted molar refractivity (Wildman–Crippen MR) is 81.4 cm³/mol. The number of nitrogens with one attached hydrogen (secondary N) is 1. The maximum Gasteiger partial charge on any atom is 0.0523 e. The molecule has 2 atom stereocenters. The van der Waals surface area contributed by atoms with Crippen LogP contribution >= 0.6 is 0 Å². The van der Waals surface area contributed by atoms with Gasteiger partial charge in [-0.25, -0.2) is 0 Å². The Bertz CT molecular complexity index is 506. The van der Waals surface area contributed by atoms with Gasteiger partial charge in [-0.3, -0.25) is 10.00 Å². The standard InChI is InChI=1S/C17H23N3/c1-2-20-11-9-15(12-14-6-4-3-5-7-14)13-17(20)16-8-10-18-19-16/h3-8,10,15,17H,2,9,11-13H2,1H3,(H,18,19). The van der Waals surface area contributed by atoms with Gasteiger partial charge in [-0.1, -0.05) is 37.3 Å². The third-order valence-electron chi connectivity index (χ3n) is 4.48. The molecule has 1 fully saturated rings. The Morgan fingerprint density at radius 3 is 2.80 bits per heavy atom. The SMILES string of the molecule is CCN1CCC(Cc2ccccc2)CC1c1ccn[nH]1. The second-order valence-corrected chi connectivity index (χ2v) is 5.74. The van der Waals surface area contributed by atoms with Crippen LogP contribution in [0.2, 0.25) is 0 Å². The summed E-state index contributed by atoms with van der Waals surface area (Å²) in [6.07, 6.45) is 5.59. The fourth-order valence-electron chi connectivity index (χ4n) is 3.37. The van der Waals surface area contributed by atoms with Crippen LogP contribution in [0.4, 0.5) is 0 Å². The molecule has 1 saturated heterocycles. The van der Waals surface area contributed by atoms with Gasteiger partial charge >= 0.3 is 0 Å². The van der Waals surface area contributed by atoms with E-state index < -0.39 is 0 Å². The number of nitrogens with zero attached hydrogens (tertiary/aromatic N) is 2. The molecule has 1 N–H and O–H groups in total. The van der Waals surface area contributed by atoms with E-state index in [-0.39, 0.29) is 0 Å². The molecule has 2 heterocycles. The van der Waals surface area contributed by atoms with Crippen molar-refractivity contribution < 1.29 is 0 Å². The van der Waals surface area contributed by atoms with Gasteiger partial charge in [-0.2, -0.15) is 5.10 Å². The number of rotatable bonds is 4. The lowest BCUT2D eigenvalue weighted by Crippen LogP contribution is -2.37. The van der Waals surface area contributed by atoms with E-state index in [1.165, 1.54) is 37.1 Å². The molecule has 20 heavy (non-hydrogen) atoms. The molecule has 0 aliphatic carbocycles. The minimum absolute atomic E-state index is 0.505. The van der Waals surface area contributed by atoms with Crippen LogP contribution in [-0.4, -0.2) is 28.2 Å². The van der Waals surface area contributed by atoms with Crippen LogP contribution in [0.1, 0.15) is 37.1 Å². The van der Waals surface area contributed by atoms with Crippen molar-refractivity contribution in [2.75, 3.05) is 13.1 Å². The van der Waals surface area contributed by atoms with E-state index in [1.54, 1.807) is 0 Å². The van der Waals surface area contributed by atoms with Gasteiger partial charge in [0.25, 0.3) is 0 Å². The Labute approximate surface area is 121 Å². The summed E-state index contributed by atoms with van der Waals surface area (Å²) in [6, 6.07) is 13.5. The van der Waals surface area contributed by atoms with E-state index in [0.717, 1.165) is 12.5 Å². The fourth-order valence-corrected chi connectivity index (χ4v) is 3.37. The average Bonchev–Trinajstić information content (AvgIpc) is 3.02. The lowest BCUT2D eigenvalue weighted by molar-refractivity contribution is 0.115. The number of benzene rings is 1. The van der Waals surface area contributed by atoms with E-state index in [9.17, 15) is 0 Å². The monoisotopic (exact) mass is 269 g/mol. The number of H-pyrrole nitrogens is 1. The molecule has 2 aromatic rings. The Balaban J connectivity index is 1.70. The van der Waals surface area contributed by atoms with E-state index in [4.69, 9.17) is 0 Å². The zero-order valence-corrected chi connectivity index (χ0v) is 12.1. The van der Waals surface area contributed by atoms with Crippen LogP contribution in [0.3, 0.4) is 0 Å². The number of hydrogen-bond acceptors (Lipinski definition) is 2. The molecule has 0 bridgehead atoms. The molecular weight excluding hydrogens is 246 g/mol. The zero-order valence-electron chi connectivity index (χ0n) is 12.1. The molecule has 0 radical (unpaired) electrons.